The highest BCUT2D eigenvalue weighted by atomic mass is 16.7. The third kappa shape index (κ3) is 4.67. The zero-order valence-electron chi connectivity index (χ0n) is 18.8. The first-order valence-corrected chi connectivity index (χ1v) is 10.7. The molecule has 3 aromatic carbocycles. The minimum absolute atomic E-state index is 0.239. The standard InChI is InChI=1S/C27H27NO4/c1-18-5-11-21(12-6-18)28(22-13-7-19(2)8-14-22)23-15-9-20(10-16-23)17-24-25(29)31-27(3,4)32-26(24)30/h5-16,24H,17H2,1-4H3. The van der Waals surface area contributed by atoms with Crippen molar-refractivity contribution < 1.29 is 19.1 Å². The van der Waals surface area contributed by atoms with E-state index in [1.54, 1.807) is 13.8 Å². The van der Waals surface area contributed by atoms with Gasteiger partial charge in [0.2, 0.25) is 0 Å². The third-order valence-electron chi connectivity index (χ3n) is 5.48. The smallest absolute Gasteiger partial charge is 0.323 e. The monoisotopic (exact) mass is 429 g/mol. The minimum atomic E-state index is -1.21. The lowest BCUT2D eigenvalue weighted by atomic mass is 9.98. The Bertz CT molecular complexity index is 1050. The van der Waals surface area contributed by atoms with Crippen molar-refractivity contribution in [3.05, 3.63) is 89.5 Å². The summed E-state index contributed by atoms with van der Waals surface area (Å²) in [6.07, 6.45) is 0.239. The van der Waals surface area contributed by atoms with Crippen LogP contribution in [0.5, 0.6) is 0 Å². The summed E-state index contributed by atoms with van der Waals surface area (Å²) < 4.78 is 10.5. The average molecular weight is 430 g/mol. The summed E-state index contributed by atoms with van der Waals surface area (Å²) in [7, 11) is 0. The number of nitrogens with zero attached hydrogens (tertiary/aromatic N) is 1. The molecule has 0 unspecified atom stereocenters. The van der Waals surface area contributed by atoms with Crippen LogP contribution in [0.25, 0.3) is 0 Å². The van der Waals surface area contributed by atoms with Crippen LogP contribution in [0.2, 0.25) is 0 Å². The van der Waals surface area contributed by atoms with E-state index in [2.05, 4.69) is 67.3 Å². The van der Waals surface area contributed by atoms with E-state index in [1.807, 2.05) is 24.3 Å². The molecule has 0 aliphatic carbocycles. The summed E-state index contributed by atoms with van der Waals surface area (Å²) in [5.41, 5.74) is 6.34. The zero-order valence-corrected chi connectivity index (χ0v) is 18.8. The fourth-order valence-electron chi connectivity index (χ4n) is 3.76. The molecule has 3 aromatic rings. The average Bonchev–Trinajstić information content (AvgIpc) is 2.74. The van der Waals surface area contributed by atoms with E-state index >= 15 is 0 Å². The lowest BCUT2D eigenvalue weighted by Crippen LogP contribution is -2.46. The van der Waals surface area contributed by atoms with Crippen LogP contribution in [0.3, 0.4) is 0 Å². The fourth-order valence-corrected chi connectivity index (χ4v) is 3.76. The molecule has 164 valence electrons. The number of rotatable bonds is 5. The molecule has 0 amide bonds. The minimum Gasteiger partial charge on any atom is -0.422 e. The largest absolute Gasteiger partial charge is 0.422 e. The van der Waals surface area contributed by atoms with Gasteiger partial charge in [-0.1, -0.05) is 47.5 Å². The van der Waals surface area contributed by atoms with Gasteiger partial charge in [-0.2, -0.15) is 0 Å². The number of carbonyl (C=O) groups is 2. The maximum atomic E-state index is 12.3. The Labute approximate surface area is 188 Å². The van der Waals surface area contributed by atoms with E-state index in [1.165, 1.54) is 11.1 Å². The third-order valence-corrected chi connectivity index (χ3v) is 5.48. The van der Waals surface area contributed by atoms with Gasteiger partial charge in [-0.05, 0) is 62.2 Å². The van der Waals surface area contributed by atoms with Gasteiger partial charge in [0.25, 0.3) is 5.79 Å². The molecule has 0 radical (unpaired) electrons. The summed E-state index contributed by atoms with van der Waals surface area (Å²) in [6.45, 7) is 7.24. The van der Waals surface area contributed by atoms with Crippen molar-refractivity contribution in [1.82, 2.24) is 0 Å². The predicted molar refractivity (Wildman–Crippen MR) is 124 cm³/mol. The Morgan fingerprint density at radius 3 is 1.47 bits per heavy atom. The molecule has 5 heteroatoms. The Morgan fingerprint density at radius 1 is 0.688 bits per heavy atom. The number of esters is 2. The molecule has 1 fully saturated rings. The van der Waals surface area contributed by atoms with Gasteiger partial charge in [0.05, 0.1) is 0 Å². The van der Waals surface area contributed by atoms with Gasteiger partial charge in [-0.15, -0.1) is 0 Å². The predicted octanol–water partition coefficient (Wildman–Crippen LogP) is 5.77. The van der Waals surface area contributed by atoms with Crippen molar-refractivity contribution >= 4 is 29.0 Å². The van der Waals surface area contributed by atoms with Gasteiger partial charge in [-0.25, -0.2) is 0 Å². The van der Waals surface area contributed by atoms with E-state index in [-0.39, 0.29) is 6.42 Å². The molecule has 1 saturated heterocycles. The highest BCUT2D eigenvalue weighted by Crippen LogP contribution is 2.35. The number of hydrogen-bond acceptors (Lipinski definition) is 5. The number of aryl methyl sites for hydroxylation is 2. The van der Waals surface area contributed by atoms with E-state index < -0.39 is 23.6 Å². The number of benzene rings is 3. The number of anilines is 3. The Kier molecular flexibility index (Phi) is 5.74. The molecule has 1 aliphatic heterocycles. The first-order chi connectivity index (χ1) is 15.2. The Hall–Kier alpha value is -3.60. The van der Waals surface area contributed by atoms with Gasteiger partial charge < -0.3 is 14.4 Å². The zero-order chi connectivity index (χ0) is 22.9. The molecule has 0 aromatic heterocycles. The molecule has 0 bridgehead atoms. The van der Waals surface area contributed by atoms with E-state index in [0.29, 0.717) is 0 Å². The van der Waals surface area contributed by atoms with Crippen LogP contribution < -0.4 is 4.90 Å². The van der Waals surface area contributed by atoms with Crippen molar-refractivity contribution in [3.8, 4) is 0 Å². The van der Waals surface area contributed by atoms with Crippen molar-refractivity contribution in [3.63, 3.8) is 0 Å². The molecule has 1 heterocycles. The fraction of sp³-hybridized carbons (Fsp3) is 0.259. The van der Waals surface area contributed by atoms with Crippen molar-refractivity contribution in [2.45, 2.75) is 39.9 Å². The van der Waals surface area contributed by atoms with Gasteiger partial charge >= 0.3 is 11.9 Å². The van der Waals surface area contributed by atoms with Gasteiger partial charge in [-0.3, -0.25) is 9.59 Å². The summed E-state index contributed by atoms with van der Waals surface area (Å²) in [5, 5.41) is 0. The summed E-state index contributed by atoms with van der Waals surface area (Å²) in [6, 6.07) is 24.6. The van der Waals surface area contributed by atoms with E-state index in [0.717, 1.165) is 22.6 Å². The second-order valence-corrected chi connectivity index (χ2v) is 8.67. The lowest BCUT2D eigenvalue weighted by molar-refractivity contribution is -0.239. The maximum Gasteiger partial charge on any atom is 0.323 e. The van der Waals surface area contributed by atoms with Crippen molar-refractivity contribution in [2.24, 2.45) is 5.92 Å². The van der Waals surface area contributed by atoms with Gasteiger partial charge in [0, 0.05) is 30.9 Å². The van der Waals surface area contributed by atoms with Crippen LogP contribution in [0, 0.1) is 19.8 Å². The molecule has 1 aliphatic rings. The molecular formula is C27H27NO4. The molecule has 0 spiro atoms. The first-order valence-electron chi connectivity index (χ1n) is 10.7. The van der Waals surface area contributed by atoms with Crippen LogP contribution in [0.15, 0.2) is 72.8 Å². The van der Waals surface area contributed by atoms with Gasteiger partial charge in [0.1, 0.15) is 0 Å². The second-order valence-electron chi connectivity index (χ2n) is 8.67. The number of hydrogen-bond donors (Lipinski definition) is 0. The number of carbonyl (C=O) groups excluding carboxylic acids is 2. The molecule has 0 N–H and O–H groups in total. The van der Waals surface area contributed by atoms with E-state index in [9.17, 15) is 9.59 Å². The number of ether oxygens (including phenoxy) is 2. The SMILES string of the molecule is Cc1ccc(N(c2ccc(C)cc2)c2ccc(CC3C(=O)OC(C)(C)OC3=O)cc2)cc1. The molecule has 0 saturated carbocycles. The second kappa shape index (κ2) is 8.50. The lowest BCUT2D eigenvalue weighted by Gasteiger charge is -2.33. The number of cyclic esters (lactones) is 2. The van der Waals surface area contributed by atoms with E-state index in [4.69, 9.17) is 9.47 Å². The molecule has 0 atom stereocenters. The Morgan fingerprint density at radius 2 is 1.06 bits per heavy atom. The maximum absolute atomic E-state index is 12.3. The molecular weight excluding hydrogens is 402 g/mol. The van der Waals surface area contributed by atoms with Crippen molar-refractivity contribution in [2.75, 3.05) is 4.90 Å². The quantitative estimate of drug-likeness (QED) is 0.381. The molecule has 4 rings (SSSR count). The van der Waals surface area contributed by atoms with Crippen molar-refractivity contribution in [1.29, 1.82) is 0 Å². The van der Waals surface area contributed by atoms with Crippen LogP contribution in [0.1, 0.15) is 30.5 Å². The topological polar surface area (TPSA) is 55.8 Å². The first kappa shape index (κ1) is 21.6. The van der Waals surface area contributed by atoms with Crippen LogP contribution in [-0.2, 0) is 25.5 Å². The van der Waals surface area contributed by atoms with Gasteiger partial charge in [0.15, 0.2) is 5.92 Å². The highest BCUT2D eigenvalue weighted by molar-refractivity contribution is 5.97. The molecule has 32 heavy (non-hydrogen) atoms. The normalized spacial score (nSPS) is 15.8. The summed E-state index contributed by atoms with van der Waals surface area (Å²) >= 11 is 0. The molecule has 5 nitrogen and oxygen atoms in total. The summed E-state index contributed by atoms with van der Waals surface area (Å²) in [5.74, 6) is -3.25. The van der Waals surface area contributed by atoms with Crippen LogP contribution in [0.4, 0.5) is 17.1 Å². The van der Waals surface area contributed by atoms with Crippen LogP contribution in [-0.4, -0.2) is 17.7 Å². The van der Waals surface area contributed by atoms with Crippen LogP contribution >= 0.6 is 0 Å². The highest BCUT2D eigenvalue weighted by Gasteiger charge is 2.43. The summed E-state index contributed by atoms with van der Waals surface area (Å²) in [4.78, 5) is 26.8. The Balaban J connectivity index is 1.61.